The number of rotatable bonds is 7. The lowest BCUT2D eigenvalue weighted by Gasteiger charge is -2.33. The van der Waals surface area contributed by atoms with E-state index < -0.39 is 5.60 Å². The van der Waals surface area contributed by atoms with E-state index in [2.05, 4.69) is 35.6 Å². The molecule has 0 spiro atoms. The molecule has 1 fully saturated rings. The summed E-state index contributed by atoms with van der Waals surface area (Å²) in [6.07, 6.45) is 4.29. The van der Waals surface area contributed by atoms with Crippen molar-refractivity contribution in [3.8, 4) is 0 Å². The minimum Gasteiger partial charge on any atom is -0.389 e. The van der Waals surface area contributed by atoms with E-state index in [0.717, 1.165) is 25.9 Å². The van der Waals surface area contributed by atoms with Crippen LogP contribution in [0, 0.1) is 0 Å². The first-order valence-corrected chi connectivity index (χ1v) is 7.58. The highest BCUT2D eigenvalue weighted by molar-refractivity contribution is 7.07. The molecule has 3 heteroatoms. The van der Waals surface area contributed by atoms with E-state index >= 15 is 0 Å². The summed E-state index contributed by atoms with van der Waals surface area (Å²) in [6, 6.07) is 2.90. The Morgan fingerprint density at radius 2 is 2.12 bits per heavy atom. The second-order valence-electron chi connectivity index (χ2n) is 5.20. The summed E-state index contributed by atoms with van der Waals surface area (Å²) >= 11 is 1.75. The molecule has 0 saturated heterocycles. The quantitative estimate of drug-likeness (QED) is 0.806. The van der Waals surface area contributed by atoms with Crippen LogP contribution >= 0.6 is 11.3 Å². The van der Waals surface area contributed by atoms with E-state index in [1.54, 1.807) is 11.3 Å². The van der Waals surface area contributed by atoms with Gasteiger partial charge in [0.1, 0.15) is 0 Å². The topological polar surface area (TPSA) is 23.5 Å². The van der Waals surface area contributed by atoms with Crippen LogP contribution in [0.25, 0.3) is 0 Å². The number of hydrogen-bond donors (Lipinski definition) is 1. The van der Waals surface area contributed by atoms with Crippen molar-refractivity contribution in [2.75, 3.05) is 6.54 Å². The zero-order valence-electron chi connectivity index (χ0n) is 10.9. The molecule has 0 unspecified atom stereocenters. The fourth-order valence-corrected chi connectivity index (χ4v) is 2.88. The number of aliphatic hydroxyl groups is 1. The van der Waals surface area contributed by atoms with Crippen LogP contribution < -0.4 is 0 Å². The molecule has 0 aliphatic heterocycles. The van der Waals surface area contributed by atoms with Gasteiger partial charge in [-0.25, -0.2) is 0 Å². The molecule has 0 bridgehead atoms. The summed E-state index contributed by atoms with van der Waals surface area (Å²) in [7, 11) is 0. The van der Waals surface area contributed by atoms with Gasteiger partial charge in [-0.3, -0.25) is 4.90 Å². The molecule has 1 aliphatic carbocycles. The van der Waals surface area contributed by atoms with E-state index in [1.165, 1.54) is 18.4 Å². The molecule has 0 atom stereocenters. The van der Waals surface area contributed by atoms with Crippen LogP contribution in [0.5, 0.6) is 0 Å². The Hall–Kier alpha value is -0.380. The van der Waals surface area contributed by atoms with Gasteiger partial charge in [-0.05, 0) is 48.1 Å². The lowest BCUT2D eigenvalue weighted by Crippen LogP contribution is -2.43. The van der Waals surface area contributed by atoms with Crippen molar-refractivity contribution in [2.45, 2.75) is 57.7 Å². The first-order valence-electron chi connectivity index (χ1n) is 6.64. The van der Waals surface area contributed by atoms with Crippen molar-refractivity contribution in [1.29, 1.82) is 0 Å². The van der Waals surface area contributed by atoms with Gasteiger partial charge in [-0.1, -0.05) is 13.8 Å². The molecule has 0 amide bonds. The summed E-state index contributed by atoms with van der Waals surface area (Å²) in [5, 5.41) is 14.8. The Morgan fingerprint density at radius 3 is 2.59 bits per heavy atom. The van der Waals surface area contributed by atoms with Crippen molar-refractivity contribution in [3.05, 3.63) is 22.4 Å². The fourth-order valence-electron chi connectivity index (χ4n) is 2.22. The third-order valence-corrected chi connectivity index (χ3v) is 4.57. The fraction of sp³-hybridized carbons (Fsp3) is 0.714. The van der Waals surface area contributed by atoms with Gasteiger partial charge in [0.05, 0.1) is 5.60 Å². The van der Waals surface area contributed by atoms with Crippen molar-refractivity contribution in [1.82, 2.24) is 4.90 Å². The molecule has 96 valence electrons. The smallest absolute Gasteiger partial charge is 0.0769 e. The van der Waals surface area contributed by atoms with E-state index in [0.29, 0.717) is 6.04 Å². The predicted molar refractivity (Wildman–Crippen MR) is 73.3 cm³/mol. The lowest BCUT2D eigenvalue weighted by atomic mass is 9.96. The summed E-state index contributed by atoms with van der Waals surface area (Å²) in [4.78, 5) is 2.47. The largest absolute Gasteiger partial charge is 0.389 e. The summed E-state index contributed by atoms with van der Waals surface area (Å²) in [6.45, 7) is 5.98. The highest BCUT2D eigenvalue weighted by atomic mass is 32.1. The van der Waals surface area contributed by atoms with E-state index in [-0.39, 0.29) is 0 Å². The van der Waals surface area contributed by atoms with Crippen LogP contribution in [0.1, 0.15) is 45.1 Å². The van der Waals surface area contributed by atoms with E-state index in [1.807, 2.05) is 0 Å². The van der Waals surface area contributed by atoms with Crippen LogP contribution in [0.2, 0.25) is 0 Å². The molecule has 2 rings (SSSR count). The number of thiophene rings is 1. The summed E-state index contributed by atoms with van der Waals surface area (Å²) in [5.41, 5.74) is 0.884. The Morgan fingerprint density at radius 1 is 1.41 bits per heavy atom. The highest BCUT2D eigenvalue weighted by Gasteiger charge is 2.34. The van der Waals surface area contributed by atoms with Gasteiger partial charge in [-0.2, -0.15) is 11.3 Å². The minimum atomic E-state index is -0.501. The monoisotopic (exact) mass is 253 g/mol. The molecular weight excluding hydrogens is 230 g/mol. The number of nitrogens with zero attached hydrogens (tertiary/aromatic N) is 1. The molecule has 1 aromatic rings. The average Bonchev–Trinajstić information content (AvgIpc) is 3.07. The minimum absolute atomic E-state index is 0.501. The van der Waals surface area contributed by atoms with Gasteiger partial charge in [-0.15, -0.1) is 0 Å². The summed E-state index contributed by atoms with van der Waals surface area (Å²) < 4.78 is 0. The zero-order chi connectivity index (χ0) is 12.3. The first-order chi connectivity index (χ1) is 8.17. The second-order valence-corrected chi connectivity index (χ2v) is 5.98. The first kappa shape index (κ1) is 13.1. The molecule has 2 nitrogen and oxygen atoms in total. The molecule has 1 aliphatic rings. The third-order valence-electron chi connectivity index (χ3n) is 3.84. The maximum atomic E-state index is 10.5. The molecule has 17 heavy (non-hydrogen) atoms. The van der Waals surface area contributed by atoms with Gasteiger partial charge < -0.3 is 5.11 Å². The molecule has 1 N–H and O–H groups in total. The van der Waals surface area contributed by atoms with Crippen molar-refractivity contribution in [2.24, 2.45) is 0 Å². The van der Waals surface area contributed by atoms with Gasteiger partial charge in [0, 0.05) is 19.1 Å². The van der Waals surface area contributed by atoms with E-state index in [9.17, 15) is 5.11 Å². The third kappa shape index (κ3) is 3.54. The van der Waals surface area contributed by atoms with Crippen LogP contribution in [-0.4, -0.2) is 28.2 Å². The zero-order valence-corrected chi connectivity index (χ0v) is 11.7. The highest BCUT2D eigenvalue weighted by Crippen LogP contribution is 2.31. The Balaban J connectivity index is 1.97. The molecule has 0 aromatic carbocycles. The average molecular weight is 253 g/mol. The Bertz CT molecular complexity index is 328. The lowest BCUT2D eigenvalue weighted by molar-refractivity contribution is -0.00798. The van der Waals surface area contributed by atoms with Crippen LogP contribution in [0.15, 0.2) is 16.8 Å². The Kier molecular flexibility index (Phi) is 4.23. The second kappa shape index (κ2) is 5.51. The normalized spacial score (nSPS) is 16.7. The Labute approximate surface area is 108 Å². The van der Waals surface area contributed by atoms with Gasteiger partial charge in [0.2, 0.25) is 0 Å². The van der Waals surface area contributed by atoms with Crippen molar-refractivity contribution >= 4 is 11.3 Å². The molecule has 1 aromatic heterocycles. The van der Waals surface area contributed by atoms with Gasteiger partial charge in [0.15, 0.2) is 0 Å². The van der Waals surface area contributed by atoms with Crippen LogP contribution in [0.3, 0.4) is 0 Å². The van der Waals surface area contributed by atoms with Gasteiger partial charge in [0.25, 0.3) is 0 Å². The molecular formula is C14H23NOS. The predicted octanol–water partition coefficient (Wildman–Crippen LogP) is 3.26. The standard InChI is InChI=1S/C14H23NOS/c1-3-14(16,4-2)11-15(13-5-6-13)9-12-7-8-17-10-12/h7-8,10,13,16H,3-6,9,11H2,1-2H3. The molecule has 0 radical (unpaired) electrons. The van der Waals surface area contributed by atoms with Crippen molar-refractivity contribution in [3.63, 3.8) is 0 Å². The van der Waals surface area contributed by atoms with Crippen LogP contribution in [-0.2, 0) is 6.54 Å². The maximum absolute atomic E-state index is 10.5. The number of hydrogen-bond acceptors (Lipinski definition) is 3. The maximum Gasteiger partial charge on any atom is 0.0769 e. The summed E-state index contributed by atoms with van der Waals surface area (Å²) in [5.74, 6) is 0. The van der Waals surface area contributed by atoms with E-state index in [4.69, 9.17) is 0 Å². The van der Waals surface area contributed by atoms with Gasteiger partial charge >= 0.3 is 0 Å². The molecule has 1 heterocycles. The SMILES string of the molecule is CCC(O)(CC)CN(Cc1ccsc1)C1CC1. The molecule has 1 saturated carbocycles. The van der Waals surface area contributed by atoms with Crippen molar-refractivity contribution < 1.29 is 5.11 Å². The van der Waals surface area contributed by atoms with Crippen LogP contribution in [0.4, 0.5) is 0 Å².